The average Bonchev–Trinajstić information content (AvgIpc) is 2.29. The van der Waals surface area contributed by atoms with Gasteiger partial charge < -0.3 is 9.84 Å². The molecule has 0 saturated heterocycles. The number of esters is 1. The van der Waals surface area contributed by atoms with Crippen molar-refractivity contribution in [1.29, 1.82) is 0 Å². The predicted molar refractivity (Wildman–Crippen MR) is 51.6 cm³/mol. The van der Waals surface area contributed by atoms with Crippen LogP contribution in [0.25, 0.3) is 0 Å². The summed E-state index contributed by atoms with van der Waals surface area (Å²) in [6.45, 7) is 0. The quantitative estimate of drug-likeness (QED) is 0.684. The Morgan fingerprint density at radius 3 is 2.47 bits per heavy atom. The van der Waals surface area contributed by atoms with E-state index < -0.39 is 47.7 Å². The van der Waals surface area contributed by atoms with Crippen molar-refractivity contribution in [1.82, 2.24) is 4.98 Å². The second-order valence-corrected chi connectivity index (χ2v) is 3.45. The maximum absolute atomic E-state index is 12.5. The van der Waals surface area contributed by atoms with Gasteiger partial charge in [-0.2, -0.15) is 13.2 Å². The minimum atomic E-state index is -5.11. The molecule has 0 atom stereocenters. The molecule has 0 unspecified atom stereocenters. The summed E-state index contributed by atoms with van der Waals surface area (Å²) in [5, 5.41) is 9.34. The van der Waals surface area contributed by atoms with E-state index in [1.54, 1.807) is 0 Å². The maximum Gasteiger partial charge on any atom is 0.437 e. The van der Waals surface area contributed by atoms with Gasteiger partial charge in [0.2, 0.25) is 0 Å². The van der Waals surface area contributed by atoms with Crippen LogP contribution in [-0.2, 0) is 22.1 Å². The molecule has 0 aromatic carbocycles. The zero-order valence-electron chi connectivity index (χ0n) is 9.46. The molecule has 0 aliphatic carbocycles. The van der Waals surface area contributed by atoms with Crippen LogP contribution in [0.4, 0.5) is 22.0 Å². The fraction of sp³-hybridized carbons (Fsp3) is 0.400. The summed E-state index contributed by atoms with van der Waals surface area (Å²) in [5.41, 5.74) is -3.65. The molecule has 0 fully saturated rings. The number of aromatic hydroxyl groups is 1. The monoisotopic (exact) mass is 285 g/mol. The summed E-state index contributed by atoms with van der Waals surface area (Å²) in [5.74, 6) is -2.34. The number of rotatable bonds is 3. The number of hydrogen-bond donors (Lipinski definition) is 1. The third-order valence-electron chi connectivity index (χ3n) is 2.15. The van der Waals surface area contributed by atoms with E-state index in [0.717, 1.165) is 7.11 Å². The summed E-state index contributed by atoms with van der Waals surface area (Å²) in [6.07, 6.45) is -9.15. The number of carbonyl (C=O) groups excluding carboxylic acids is 1. The van der Waals surface area contributed by atoms with Crippen LogP contribution in [0.5, 0.6) is 5.75 Å². The first-order valence-electron chi connectivity index (χ1n) is 4.81. The molecule has 106 valence electrons. The van der Waals surface area contributed by atoms with Crippen molar-refractivity contribution in [3.8, 4) is 5.75 Å². The van der Waals surface area contributed by atoms with Crippen LogP contribution >= 0.6 is 0 Å². The number of pyridine rings is 1. The third-order valence-corrected chi connectivity index (χ3v) is 2.15. The minimum absolute atomic E-state index is 0.534. The average molecular weight is 285 g/mol. The fourth-order valence-electron chi connectivity index (χ4n) is 1.29. The fourth-order valence-corrected chi connectivity index (χ4v) is 1.29. The Labute approximate surface area is 103 Å². The lowest BCUT2D eigenvalue weighted by atomic mass is 10.1. The molecule has 1 heterocycles. The third kappa shape index (κ3) is 3.52. The molecule has 9 heteroatoms. The molecule has 1 aromatic rings. The Bertz CT molecular complexity index is 487. The van der Waals surface area contributed by atoms with Crippen LogP contribution in [-0.4, -0.2) is 23.2 Å². The summed E-state index contributed by atoms with van der Waals surface area (Å²) in [6, 6.07) is 0.534. The van der Waals surface area contributed by atoms with Gasteiger partial charge in [0, 0.05) is 5.56 Å². The Kier molecular flexibility index (Phi) is 4.28. The van der Waals surface area contributed by atoms with Gasteiger partial charge in [-0.05, 0) is 6.07 Å². The van der Waals surface area contributed by atoms with Crippen LogP contribution in [0, 0.1) is 0 Å². The van der Waals surface area contributed by atoms with Crippen LogP contribution in [0.1, 0.15) is 23.4 Å². The Hall–Kier alpha value is -1.93. The predicted octanol–water partition coefficient (Wildman–Crippen LogP) is 2.46. The molecule has 0 radical (unpaired) electrons. The van der Waals surface area contributed by atoms with E-state index in [9.17, 15) is 31.9 Å². The van der Waals surface area contributed by atoms with E-state index in [0.29, 0.717) is 6.07 Å². The van der Waals surface area contributed by atoms with E-state index in [1.807, 2.05) is 0 Å². The molecule has 1 aromatic heterocycles. The second kappa shape index (κ2) is 5.37. The van der Waals surface area contributed by atoms with Crippen LogP contribution in [0.15, 0.2) is 6.07 Å². The van der Waals surface area contributed by atoms with Gasteiger partial charge in [0.15, 0.2) is 5.69 Å². The highest BCUT2D eigenvalue weighted by Crippen LogP contribution is 2.38. The summed E-state index contributed by atoms with van der Waals surface area (Å²) >= 11 is 0. The van der Waals surface area contributed by atoms with Crippen molar-refractivity contribution in [3.05, 3.63) is 23.0 Å². The molecule has 4 nitrogen and oxygen atoms in total. The smallest absolute Gasteiger partial charge is 0.437 e. The van der Waals surface area contributed by atoms with E-state index >= 15 is 0 Å². The number of alkyl halides is 5. The van der Waals surface area contributed by atoms with E-state index in [2.05, 4.69) is 9.72 Å². The molecule has 0 spiro atoms. The van der Waals surface area contributed by atoms with Crippen molar-refractivity contribution >= 4 is 5.97 Å². The lowest BCUT2D eigenvalue weighted by Crippen LogP contribution is -2.13. The molecule has 0 aliphatic rings. The van der Waals surface area contributed by atoms with Crippen molar-refractivity contribution in [2.75, 3.05) is 7.11 Å². The number of ether oxygens (including phenoxy) is 1. The Balaban J connectivity index is 3.37. The number of halogens is 5. The van der Waals surface area contributed by atoms with Crippen molar-refractivity contribution in [2.24, 2.45) is 0 Å². The number of hydrogen-bond acceptors (Lipinski definition) is 4. The van der Waals surface area contributed by atoms with Gasteiger partial charge in [0.05, 0.1) is 13.5 Å². The minimum Gasteiger partial charge on any atom is -0.505 e. The Morgan fingerprint density at radius 2 is 2.05 bits per heavy atom. The summed E-state index contributed by atoms with van der Waals surface area (Å²) < 4.78 is 66.6. The molecule has 1 N–H and O–H groups in total. The van der Waals surface area contributed by atoms with Crippen LogP contribution in [0.3, 0.4) is 0 Å². The zero-order chi connectivity index (χ0) is 14.8. The molecule has 0 amide bonds. The van der Waals surface area contributed by atoms with Gasteiger partial charge in [-0.25, -0.2) is 13.8 Å². The van der Waals surface area contributed by atoms with Gasteiger partial charge in [0.1, 0.15) is 11.4 Å². The summed E-state index contributed by atoms with van der Waals surface area (Å²) in [7, 11) is 0.971. The van der Waals surface area contributed by atoms with E-state index in [-0.39, 0.29) is 0 Å². The highest BCUT2D eigenvalue weighted by atomic mass is 19.4. The van der Waals surface area contributed by atoms with Crippen molar-refractivity contribution in [3.63, 3.8) is 0 Å². The lowest BCUT2D eigenvalue weighted by Gasteiger charge is -2.13. The standard InChI is InChI=1S/C10H8F5NO3/c1-19-6(17)3-4-2-5(9(11)12)16-8(7(4)18)10(13,14)15/h2,9,18H,3H2,1H3. The lowest BCUT2D eigenvalue weighted by molar-refractivity contribution is -0.143. The van der Waals surface area contributed by atoms with Gasteiger partial charge >= 0.3 is 12.1 Å². The normalized spacial score (nSPS) is 11.7. The molecule has 1 rings (SSSR count). The van der Waals surface area contributed by atoms with Crippen LogP contribution in [0.2, 0.25) is 0 Å². The van der Waals surface area contributed by atoms with Gasteiger partial charge in [-0.15, -0.1) is 0 Å². The highest BCUT2D eigenvalue weighted by Gasteiger charge is 2.38. The first kappa shape index (κ1) is 15.1. The topological polar surface area (TPSA) is 59.4 Å². The Morgan fingerprint density at radius 1 is 1.47 bits per heavy atom. The maximum atomic E-state index is 12.5. The van der Waals surface area contributed by atoms with Gasteiger partial charge in [-0.3, -0.25) is 4.79 Å². The van der Waals surface area contributed by atoms with E-state index in [4.69, 9.17) is 0 Å². The summed E-state index contributed by atoms with van der Waals surface area (Å²) in [4.78, 5) is 13.6. The molecule has 0 saturated carbocycles. The van der Waals surface area contributed by atoms with Crippen LogP contribution < -0.4 is 0 Å². The van der Waals surface area contributed by atoms with Crippen molar-refractivity contribution in [2.45, 2.75) is 19.0 Å². The van der Waals surface area contributed by atoms with Gasteiger partial charge in [-0.1, -0.05) is 0 Å². The molecular formula is C10H8F5NO3. The molecular weight excluding hydrogens is 277 g/mol. The number of aromatic nitrogens is 1. The molecule has 0 bridgehead atoms. The first-order valence-corrected chi connectivity index (χ1v) is 4.81. The number of carbonyl (C=O) groups is 1. The SMILES string of the molecule is COC(=O)Cc1cc(C(F)F)nc(C(F)(F)F)c1O. The van der Waals surface area contributed by atoms with E-state index in [1.165, 1.54) is 0 Å². The first-order chi connectivity index (χ1) is 8.66. The molecule has 0 aliphatic heterocycles. The number of nitrogens with zero attached hydrogens (tertiary/aromatic N) is 1. The second-order valence-electron chi connectivity index (χ2n) is 3.45. The zero-order valence-corrected chi connectivity index (χ0v) is 9.46. The largest absolute Gasteiger partial charge is 0.505 e. The van der Waals surface area contributed by atoms with Gasteiger partial charge in [0.25, 0.3) is 6.43 Å². The molecule has 19 heavy (non-hydrogen) atoms. The van der Waals surface area contributed by atoms with Crippen molar-refractivity contribution < 1.29 is 36.6 Å². The number of methoxy groups -OCH3 is 1. The highest BCUT2D eigenvalue weighted by molar-refractivity contribution is 5.73.